The highest BCUT2D eigenvalue weighted by atomic mass is 79.9. The molecule has 90 valence electrons. The van der Waals surface area contributed by atoms with Gasteiger partial charge >= 0.3 is 11.7 Å². The Bertz CT molecular complexity index is 456. The van der Waals surface area contributed by atoms with Crippen LogP contribution < -0.4 is 5.69 Å². The standard InChI is InChI=1S/C9H14BrN3O3/c1-9(2,3)6(14)16-5-13-7(10)11-12(4)8(13)15/h5H2,1-4H3. The molecular weight excluding hydrogens is 278 g/mol. The number of aromatic nitrogens is 3. The van der Waals surface area contributed by atoms with Crippen LogP contribution >= 0.6 is 15.9 Å². The topological polar surface area (TPSA) is 66.1 Å². The molecule has 6 nitrogen and oxygen atoms in total. The van der Waals surface area contributed by atoms with Crippen molar-refractivity contribution in [1.29, 1.82) is 0 Å². The molecule has 0 fully saturated rings. The number of hydrogen-bond donors (Lipinski definition) is 0. The average molecular weight is 292 g/mol. The molecule has 0 N–H and O–H groups in total. The lowest BCUT2D eigenvalue weighted by atomic mass is 9.98. The minimum Gasteiger partial charge on any atom is -0.443 e. The van der Waals surface area contributed by atoms with E-state index in [1.807, 2.05) is 0 Å². The molecule has 7 heteroatoms. The Hall–Kier alpha value is -1.11. The highest BCUT2D eigenvalue weighted by Crippen LogP contribution is 2.15. The number of nitrogens with zero attached hydrogens (tertiary/aromatic N) is 3. The van der Waals surface area contributed by atoms with Crippen LogP contribution in [0.1, 0.15) is 20.8 Å². The summed E-state index contributed by atoms with van der Waals surface area (Å²) in [4.78, 5) is 23.0. The maximum Gasteiger partial charge on any atom is 0.349 e. The van der Waals surface area contributed by atoms with Crippen molar-refractivity contribution in [2.75, 3.05) is 0 Å². The van der Waals surface area contributed by atoms with Crippen molar-refractivity contribution in [3.8, 4) is 0 Å². The van der Waals surface area contributed by atoms with E-state index in [0.29, 0.717) is 4.73 Å². The minimum atomic E-state index is -0.585. The quantitative estimate of drug-likeness (QED) is 0.759. The molecule has 1 rings (SSSR count). The van der Waals surface area contributed by atoms with Crippen molar-refractivity contribution in [2.24, 2.45) is 12.5 Å². The molecule has 1 heterocycles. The van der Waals surface area contributed by atoms with Gasteiger partial charge in [0.25, 0.3) is 0 Å². The van der Waals surface area contributed by atoms with Crippen LogP contribution in [-0.4, -0.2) is 20.3 Å². The molecule has 0 aliphatic rings. The van der Waals surface area contributed by atoms with Gasteiger partial charge in [-0.15, -0.1) is 5.10 Å². The zero-order valence-corrected chi connectivity index (χ0v) is 11.2. The second-order valence-corrected chi connectivity index (χ2v) is 5.12. The van der Waals surface area contributed by atoms with E-state index in [4.69, 9.17) is 4.74 Å². The summed E-state index contributed by atoms with van der Waals surface area (Å²) in [6, 6.07) is 0. The molecule has 0 radical (unpaired) electrons. The smallest absolute Gasteiger partial charge is 0.349 e. The number of hydrogen-bond acceptors (Lipinski definition) is 4. The lowest BCUT2D eigenvalue weighted by Gasteiger charge is -2.16. The first-order valence-corrected chi connectivity index (χ1v) is 5.49. The molecule has 0 saturated carbocycles. The lowest BCUT2D eigenvalue weighted by molar-refractivity contribution is -0.157. The fourth-order valence-electron chi connectivity index (χ4n) is 0.922. The van der Waals surface area contributed by atoms with Gasteiger partial charge in [-0.1, -0.05) is 0 Å². The van der Waals surface area contributed by atoms with Crippen molar-refractivity contribution in [1.82, 2.24) is 14.3 Å². The summed E-state index contributed by atoms with van der Waals surface area (Å²) in [7, 11) is 1.52. The van der Waals surface area contributed by atoms with E-state index < -0.39 is 5.41 Å². The van der Waals surface area contributed by atoms with Gasteiger partial charge in [0, 0.05) is 7.05 Å². The SMILES string of the molecule is Cn1nc(Br)n(COC(=O)C(C)(C)C)c1=O. The van der Waals surface area contributed by atoms with Gasteiger partial charge in [-0.3, -0.25) is 4.79 Å². The first-order valence-electron chi connectivity index (χ1n) is 4.70. The van der Waals surface area contributed by atoms with Crippen LogP contribution in [0.2, 0.25) is 0 Å². The van der Waals surface area contributed by atoms with Gasteiger partial charge in [-0.05, 0) is 36.7 Å². The molecule has 0 spiro atoms. The van der Waals surface area contributed by atoms with Gasteiger partial charge in [-0.2, -0.15) is 0 Å². The summed E-state index contributed by atoms with van der Waals surface area (Å²) in [5.74, 6) is -0.366. The number of rotatable bonds is 2. The fraction of sp³-hybridized carbons (Fsp3) is 0.667. The number of esters is 1. The maximum atomic E-state index is 11.5. The van der Waals surface area contributed by atoms with Crippen LogP contribution in [0.4, 0.5) is 0 Å². The Kier molecular flexibility index (Phi) is 3.57. The molecule has 0 bridgehead atoms. The molecule has 0 unspecified atom stereocenters. The molecule has 0 saturated heterocycles. The third-order valence-electron chi connectivity index (χ3n) is 1.90. The Morgan fingerprint density at radius 2 is 2.06 bits per heavy atom. The number of ether oxygens (including phenoxy) is 1. The van der Waals surface area contributed by atoms with Crippen molar-refractivity contribution in [2.45, 2.75) is 27.5 Å². The van der Waals surface area contributed by atoms with Gasteiger partial charge in [0.2, 0.25) is 4.73 Å². The normalized spacial score (nSPS) is 11.6. The Morgan fingerprint density at radius 3 is 2.44 bits per heavy atom. The summed E-state index contributed by atoms with van der Waals surface area (Å²) >= 11 is 3.11. The second kappa shape index (κ2) is 4.40. The largest absolute Gasteiger partial charge is 0.443 e. The maximum absolute atomic E-state index is 11.5. The molecule has 1 aromatic heterocycles. The van der Waals surface area contributed by atoms with E-state index in [1.165, 1.54) is 11.6 Å². The zero-order valence-electron chi connectivity index (χ0n) is 9.65. The molecule has 1 aromatic rings. The Morgan fingerprint density at radius 1 is 1.50 bits per heavy atom. The van der Waals surface area contributed by atoms with Crippen LogP contribution in [0.15, 0.2) is 9.53 Å². The Balaban J connectivity index is 2.77. The summed E-state index contributed by atoms with van der Waals surface area (Å²) in [5, 5.41) is 3.84. The van der Waals surface area contributed by atoms with Gasteiger partial charge < -0.3 is 4.74 Å². The van der Waals surface area contributed by atoms with Crippen LogP contribution in [0.5, 0.6) is 0 Å². The molecule has 0 aliphatic carbocycles. The lowest BCUT2D eigenvalue weighted by Crippen LogP contribution is -2.28. The average Bonchev–Trinajstić information content (AvgIpc) is 2.37. The Labute approximate surface area is 101 Å². The van der Waals surface area contributed by atoms with E-state index >= 15 is 0 Å². The summed E-state index contributed by atoms with van der Waals surface area (Å²) < 4.78 is 7.73. The fourth-order valence-corrected chi connectivity index (χ4v) is 1.41. The first-order chi connectivity index (χ1) is 7.23. The number of halogens is 1. The molecule has 0 aliphatic heterocycles. The van der Waals surface area contributed by atoms with Crippen molar-refractivity contribution >= 4 is 21.9 Å². The summed E-state index contributed by atoms with van der Waals surface area (Å²) in [6.07, 6.45) is 0. The van der Waals surface area contributed by atoms with Crippen molar-refractivity contribution in [3.05, 3.63) is 15.2 Å². The zero-order chi connectivity index (χ0) is 12.5. The number of carbonyl (C=O) groups excluding carboxylic acids is 1. The number of aryl methyl sites for hydroxylation is 1. The summed E-state index contributed by atoms with van der Waals surface area (Å²) in [6.45, 7) is 5.10. The van der Waals surface area contributed by atoms with E-state index in [9.17, 15) is 9.59 Å². The highest BCUT2D eigenvalue weighted by Gasteiger charge is 2.23. The molecule has 0 amide bonds. The van der Waals surface area contributed by atoms with E-state index in [0.717, 1.165) is 4.68 Å². The predicted molar refractivity (Wildman–Crippen MR) is 60.7 cm³/mol. The first kappa shape index (κ1) is 13.0. The van der Waals surface area contributed by atoms with Crippen LogP contribution in [0.3, 0.4) is 0 Å². The predicted octanol–water partition coefficient (Wildman–Crippen LogP) is 0.891. The van der Waals surface area contributed by atoms with Gasteiger partial charge in [-0.25, -0.2) is 14.0 Å². The molecule has 0 atom stereocenters. The van der Waals surface area contributed by atoms with Gasteiger partial charge in [0.05, 0.1) is 5.41 Å². The van der Waals surface area contributed by atoms with Crippen molar-refractivity contribution in [3.63, 3.8) is 0 Å². The summed E-state index contributed by atoms with van der Waals surface area (Å²) in [5.41, 5.74) is -0.924. The second-order valence-electron chi connectivity index (χ2n) is 4.41. The molecular formula is C9H14BrN3O3. The van der Waals surface area contributed by atoms with Crippen LogP contribution in [-0.2, 0) is 23.3 Å². The minimum absolute atomic E-state index is 0.136. The van der Waals surface area contributed by atoms with E-state index in [2.05, 4.69) is 21.0 Å². The van der Waals surface area contributed by atoms with Gasteiger partial charge in [0.1, 0.15) is 0 Å². The van der Waals surface area contributed by atoms with Crippen LogP contribution in [0, 0.1) is 5.41 Å². The van der Waals surface area contributed by atoms with E-state index in [1.54, 1.807) is 20.8 Å². The third-order valence-corrected chi connectivity index (χ3v) is 2.49. The highest BCUT2D eigenvalue weighted by molar-refractivity contribution is 9.10. The number of carbonyl (C=O) groups is 1. The third kappa shape index (κ3) is 2.72. The van der Waals surface area contributed by atoms with Crippen molar-refractivity contribution < 1.29 is 9.53 Å². The van der Waals surface area contributed by atoms with Gasteiger partial charge in [0.15, 0.2) is 6.73 Å². The molecule has 0 aromatic carbocycles. The monoisotopic (exact) mass is 291 g/mol. The van der Waals surface area contributed by atoms with E-state index in [-0.39, 0.29) is 18.4 Å². The molecule has 16 heavy (non-hydrogen) atoms. The van der Waals surface area contributed by atoms with Crippen LogP contribution in [0.25, 0.3) is 0 Å².